The third-order valence-electron chi connectivity index (χ3n) is 7.12. The Kier molecular flexibility index (Phi) is 10.2. The highest BCUT2D eigenvalue weighted by Crippen LogP contribution is 2.37. The van der Waals surface area contributed by atoms with Crippen LogP contribution in [0.25, 0.3) is 6.08 Å². The predicted octanol–water partition coefficient (Wildman–Crippen LogP) is 5.66. The summed E-state index contributed by atoms with van der Waals surface area (Å²) >= 11 is 9.72. The summed E-state index contributed by atoms with van der Waals surface area (Å²) < 4.78 is 30.9. The van der Waals surface area contributed by atoms with Crippen LogP contribution in [-0.4, -0.2) is 38.5 Å². The number of hydrogen-bond donors (Lipinski definition) is 0. The third kappa shape index (κ3) is 6.61. The molecule has 1 atom stereocenters. The quantitative estimate of drug-likeness (QED) is 0.152. The fourth-order valence-electron chi connectivity index (χ4n) is 5.01. The van der Waals surface area contributed by atoms with E-state index in [4.69, 9.17) is 35.3 Å². The van der Waals surface area contributed by atoms with Gasteiger partial charge in [0.1, 0.15) is 6.61 Å². The first-order valence-corrected chi connectivity index (χ1v) is 16.1. The van der Waals surface area contributed by atoms with Crippen molar-refractivity contribution in [2.45, 2.75) is 26.5 Å². The number of allylic oxidation sites excluding steroid dienone is 1. The lowest BCUT2D eigenvalue weighted by atomic mass is 9.95. The van der Waals surface area contributed by atoms with E-state index in [1.165, 1.54) is 23.0 Å². The average Bonchev–Trinajstić information content (AvgIpc) is 3.33. The first kappa shape index (κ1) is 32.6. The molecule has 1 aromatic heterocycles. The van der Waals surface area contributed by atoms with Gasteiger partial charge in [-0.3, -0.25) is 9.36 Å². The van der Waals surface area contributed by atoms with E-state index in [0.717, 1.165) is 14.7 Å². The minimum atomic E-state index is -0.794. The van der Waals surface area contributed by atoms with E-state index in [1.807, 2.05) is 36.4 Å². The highest BCUT2D eigenvalue weighted by Gasteiger charge is 2.34. The molecule has 0 amide bonds. The zero-order valence-corrected chi connectivity index (χ0v) is 28.9. The Morgan fingerprint density at radius 2 is 1.78 bits per heavy atom. The molecule has 234 valence electrons. The molecule has 3 aromatic carbocycles. The van der Waals surface area contributed by atoms with Crippen LogP contribution in [0.1, 0.15) is 36.6 Å². The molecule has 0 N–H and O–H groups in total. The Hall–Kier alpha value is -3.81. The number of fused-ring (bicyclic) bond motifs is 1. The Bertz CT molecular complexity index is 1990. The molecular formula is C33H30ClIN2O7S. The number of thiazole rings is 1. The van der Waals surface area contributed by atoms with Gasteiger partial charge in [-0.05, 0) is 84.0 Å². The molecular weight excluding hydrogens is 731 g/mol. The third-order valence-corrected chi connectivity index (χ3v) is 9.27. The van der Waals surface area contributed by atoms with E-state index in [0.29, 0.717) is 48.6 Å². The lowest BCUT2D eigenvalue weighted by Gasteiger charge is -2.25. The Morgan fingerprint density at radius 1 is 1.04 bits per heavy atom. The van der Waals surface area contributed by atoms with Gasteiger partial charge in [-0.25, -0.2) is 9.79 Å². The summed E-state index contributed by atoms with van der Waals surface area (Å²) in [7, 11) is 4.64. The number of hydrogen-bond acceptors (Lipinski definition) is 9. The van der Waals surface area contributed by atoms with Crippen molar-refractivity contribution >= 4 is 57.6 Å². The van der Waals surface area contributed by atoms with Crippen molar-refractivity contribution in [3.63, 3.8) is 0 Å². The summed E-state index contributed by atoms with van der Waals surface area (Å²) in [6.45, 7) is 3.92. The minimum absolute atomic E-state index is 0.178. The molecule has 0 saturated carbocycles. The van der Waals surface area contributed by atoms with Gasteiger partial charge in [-0.2, -0.15) is 0 Å². The molecule has 0 aliphatic carbocycles. The molecule has 1 aliphatic heterocycles. The Labute approximate surface area is 282 Å². The van der Waals surface area contributed by atoms with Crippen LogP contribution < -0.4 is 33.8 Å². The number of nitrogens with zero attached hydrogens (tertiary/aromatic N) is 2. The smallest absolute Gasteiger partial charge is 0.338 e. The fourth-order valence-corrected chi connectivity index (χ4v) is 7.03. The van der Waals surface area contributed by atoms with Crippen LogP contribution in [0, 0.1) is 3.57 Å². The average molecular weight is 761 g/mol. The molecule has 5 rings (SSSR count). The molecule has 12 heteroatoms. The second-order valence-corrected chi connectivity index (χ2v) is 12.4. The first-order valence-electron chi connectivity index (χ1n) is 13.9. The number of carbonyl (C=O) groups excluding carboxylic acids is 1. The van der Waals surface area contributed by atoms with E-state index in [-0.39, 0.29) is 24.3 Å². The number of benzene rings is 3. The van der Waals surface area contributed by atoms with Crippen molar-refractivity contribution in [2.75, 3.05) is 27.9 Å². The van der Waals surface area contributed by atoms with Crippen molar-refractivity contribution in [2.24, 2.45) is 4.99 Å². The van der Waals surface area contributed by atoms with Crippen molar-refractivity contribution in [1.29, 1.82) is 0 Å². The van der Waals surface area contributed by atoms with Crippen molar-refractivity contribution in [3.05, 3.63) is 111 Å². The highest BCUT2D eigenvalue weighted by atomic mass is 127. The van der Waals surface area contributed by atoms with Gasteiger partial charge in [0.15, 0.2) is 27.8 Å². The van der Waals surface area contributed by atoms with Gasteiger partial charge in [0.05, 0.1) is 53.4 Å². The standard InChI is InChI=1S/C33H30ClIN2O7S/c1-6-43-32(39)28-18(2)36-33-37(29(28)20-11-12-24(40-3)25(16-20)41-4)31(38)27(45-33)15-19-13-23(35)30(26(14-19)42-5)44-17-21-9-7-8-10-22(21)34/h7-16,29H,6,17H2,1-5H3. The van der Waals surface area contributed by atoms with Gasteiger partial charge in [0.25, 0.3) is 5.56 Å². The maximum Gasteiger partial charge on any atom is 0.338 e. The molecule has 0 radical (unpaired) electrons. The number of esters is 1. The molecule has 45 heavy (non-hydrogen) atoms. The molecule has 9 nitrogen and oxygen atoms in total. The summed E-state index contributed by atoms with van der Waals surface area (Å²) in [4.78, 5) is 32.4. The summed E-state index contributed by atoms with van der Waals surface area (Å²) in [6.07, 6.45) is 1.78. The van der Waals surface area contributed by atoms with E-state index < -0.39 is 12.0 Å². The van der Waals surface area contributed by atoms with Crippen LogP contribution in [0.3, 0.4) is 0 Å². The normalized spacial score (nSPS) is 14.5. The lowest BCUT2D eigenvalue weighted by molar-refractivity contribution is -0.139. The van der Waals surface area contributed by atoms with Crippen molar-refractivity contribution < 1.29 is 28.5 Å². The number of carbonyl (C=O) groups is 1. The van der Waals surface area contributed by atoms with Crippen LogP contribution in [0.2, 0.25) is 5.02 Å². The maximum atomic E-state index is 14.1. The van der Waals surface area contributed by atoms with Crippen LogP contribution in [0.5, 0.6) is 23.0 Å². The van der Waals surface area contributed by atoms with Crippen molar-refractivity contribution in [1.82, 2.24) is 4.57 Å². The Morgan fingerprint density at radius 3 is 2.47 bits per heavy atom. The summed E-state index contributed by atoms with van der Waals surface area (Å²) in [5.74, 6) is 1.53. The van der Waals surface area contributed by atoms with Gasteiger partial charge in [-0.15, -0.1) is 0 Å². The molecule has 2 heterocycles. The largest absolute Gasteiger partial charge is 0.493 e. The summed E-state index contributed by atoms with van der Waals surface area (Å²) in [5.41, 5.74) is 2.67. The molecule has 0 spiro atoms. The van der Waals surface area contributed by atoms with E-state index in [1.54, 1.807) is 52.3 Å². The number of aromatic nitrogens is 1. The number of rotatable bonds is 10. The number of halogens is 2. The summed E-state index contributed by atoms with van der Waals surface area (Å²) in [5, 5.41) is 0.617. The van der Waals surface area contributed by atoms with Crippen molar-refractivity contribution in [3.8, 4) is 23.0 Å². The molecule has 1 aliphatic rings. The molecule has 0 saturated heterocycles. The topological polar surface area (TPSA) is 97.6 Å². The molecule has 0 bridgehead atoms. The molecule has 0 fully saturated rings. The highest BCUT2D eigenvalue weighted by molar-refractivity contribution is 14.1. The predicted molar refractivity (Wildman–Crippen MR) is 181 cm³/mol. The molecule has 4 aromatic rings. The number of ether oxygens (including phenoxy) is 5. The Balaban J connectivity index is 1.60. The van der Waals surface area contributed by atoms with Crippen LogP contribution in [0.4, 0.5) is 0 Å². The van der Waals surface area contributed by atoms with Gasteiger partial charge in [0, 0.05) is 10.6 Å². The van der Waals surface area contributed by atoms with Crippen LogP contribution in [-0.2, 0) is 16.1 Å². The fraction of sp³-hybridized carbons (Fsp3) is 0.242. The minimum Gasteiger partial charge on any atom is -0.493 e. The second-order valence-electron chi connectivity index (χ2n) is 9.83. The zero-order chi connectivity index (χ0) is 32.2. The van der Waals surface area contributed by atoms with Gasteiger partial charge in [0.2, 0.25) is 0 Å². The van der Waals surface area contributed by atoms with Gasteiger partial charge >= 0.3 is 5.97 Å². The second kappa shape index (κ2) is 14.1. The van der Waals surface area contributed by atoms with Crippen LogP contribution >= 0.6 is 45.5 Å². The van der Waals surface area contributed by atoms with E-state index in [9.17, 15) is 9.59 Å². The number of methoxy groups -OCH3 is 3. The van der Waals surface area contributed by atoms with Crippen LogP contribution in [0.15, 0.2) is 75.7 Å². The first-order chi connectivity index (χ1) is 21.7. The van der Waals surface area contributed by atoms with E-state index >= 15 is 0 Å². The molecule has 1 unspecified atom stereocenters. The van der Waals surface area contributed by atoms with Gasteiger partial charge in [-0.1, -0.05) is 47.2 Å². The van der Waals surface area contributed by atoms with E-state index in [2.05, 4.69) is 27.6 Å². The van der Waals surface area contributed by atoms with Gasteiger partial charge < -0.3 is 23.7 Å². The lowest BCUT2D eigenvalue weighted by Crippen LogP contribution is -2.40. The maximum absolute atomic E-state index is 14.1. The zero-order valence-electron chi connectivity index (χ0n) is 25.2. The summed E-state index contributed by atoms with van der Waals surface area (Å²) in [6, 6.07) is 15.7. The SMILES string of the molecule is CCOC(=O)C1=C(C)N=c2sc(=Cc3cc(I)c(OCc4ccccc4Cl)c(OC)c3)c(=O)n2C1c1ccc(OC)c(OC)c1. The monoisotopic (exact) mass is 760 g/mol.